The van der Waals surface area contributed by atoms with E-state index < -0.39 is 29.3 Å². The Morgan fingerprint density at radius 3 is 2.57 bits per heavy atom. The van der Waals surface area contributed by atoms with E-state index in [1.54, 1.807) is 24.3 Å². The lowest BCUT2D eigenvalue weighted by Gasteiger charge is -2.22. The van der Waals surface area contributed by atoms with Crippen LogP contribution in [0.1, 0.15) is 22.7 Å². The van der Waals surface area contributed by atoms with Gasteiger partial charge in [0.15, 0.2) is 15.9 Å². The smallest absolute Gasteiger partial charge is 0.301 e. The Hall–Kier alpha value is -4.06. The molecule has 0 bridgehead atoms. The number of Topliss-reactive ketones (excluding diaryl/α,β-unsaturated/α-hetero) is 1. The molecule has 0 spiro atoms. The van der Waals surface area contributed by atoms with Crippen LogP contribution >= 0.6 is 39.0 Å². The fraction of sp³-hybridized carbons (Fsp3) is 0.0968. The molecular weight excluding hydrogens is 641 g/mol. The molecule has 1 saturated heterocycles. The normalized spacial score (nSPS) is 16.4. The first kappa shape index (κ1) is 28.1. The van der Waals surface area contributed by atoms with Gasteiger partial charge in [0, 0.05) is 15.8 Å². The van der Waals surface area contributed by atoms with Gasteiger partial charge in [0.25, 0.3) is 5.78 Å². The summed E-state index contributed by atoms with van der Waals surface area (Å²) >= 11 is 6.07. The molecule has 11 heteroatoms. The average molecular weight is 663 g/mol. The molecular formula is C31H21BrFN3O4S2. The highest BCUT2D eigenvalue weighted by Gasteiger charge is 2.48. The Labute approximate surface area is 256 Å². The maximum Gasteiger partial charge on any atom is 0.301 e. The molecule has 1 aliphatic rings. The van der Waals surface area contributed by atoms with E-state index >= 15 is 0 Å². The fourth-order valence-electron chi connectivity index (χ4n) is 4.88. The van der Waals surface area contributed by atoms with Gasteiger partial charge in [-0.05, 0) is 52.2 Å². The van der Waals surface area contributed by atoms with E-state index in [9.17, 15) is 19.1 Å². The van der Waals surface area contributed by atoms with E-state index in [0.29, 0.717) is 15.7 Å². The number of fused-ring (bicyclic) bond motifs is 1. The minimum absolute atomic E-state index is 0.0150. The Bertz CT molecular complexity index is 1870. The summed E-state index contributed by atoms with van der Waals surface area (Å²) in [5.41, 5.74) is 1.56. The monoisotopic (exact) mass is 661 g/mol. The van der Waals surface area contributed by atoms with Gasteiger partial charge in [-0.2, -0.15) is 0 Å². The molecule has 6 rings (SSSR count). The van der Waals surface area contributed by atoms with Crippen LogP contribution in [0.25, 0.3) is 16.5 Å². The molecule has 5 aromatic rings. The molecule has 1 N–H and O–H groups in total. The first-order valence-electron chi connectivity index (χ1n) is 12.7. The van der Waals surface area contributed by atoms with Gasteiger partial charge in [-0.25, -0.2) is 4.39 Å². The third-order valence-corrected chi connectivity index (χ3v) is 9.52. The van der Waals surface area contributed by atoms with Crippen LogP contribution in [0.15, 0.2) is 99.3 Å². The van der Waals surface area contributed by atoms with Crippen molar-refractivity contribution in [2.45, 2.75) is 16.1 Å². The zero-order chi connectivity index (χ0) is 29.4. The van der Waals surface area contributed by atoms with Gasteiger partial charge in [0.2, 0.25) is 5.13 Å². The number of aromatic nitrogens is 2. The lowest BCUT2D eigenvalue weighted by Crippen LogP contribution is -2.29. The number of ketones is 1. The van der Waals surface area contributed by atoms with Gasteiger partial charge in [0.05, 0.1) is 18.7 Å². The number of thioether (sulfide) groups is 1. The van der Waals surface area contributed by atoms with Crippen LogP contribution in [-0.2, 0) is 15.3 Å². The fourth-order valence-corrected chi connectivity index (χ4v) is 7.01. The summed E-state index contributed by atoms with van der Waals surface area (Å²) in [6.45, 7) is 0. The number of amides is 1. The third-order valence-electron chi connectivity index (χ3n) is 6.89. The summed E-state index contributed by atoms with van der Waals surface area (Å²) in [4.78, 5) is 28.1. The topological polar surface area (TPSA) is 92.6 Å². The van der Waals surface area contributed by atoms with E-state index in [4.69, 9.17) is 4.74 Å². The maximum atomic E-state index is 14.5. The summed E-state index contributed by atoms with van der Waals surface area (Å²) in [7, 11) is 1.33. The van der Waals surface area contributed by atoms with Crippen LogP contribution in [0.2, 0.25) is 0 Å². The Kier molecular flexibility index (Phi) is 7.80. The Balaban J connectivity index is 1.37. The number of anilines is 1. The number of aliphatic hydroxyl groups excluding tert-OH is 1. The number of ether oxygens (including phenoxy) is 1. The Morgan fingerprint density at radius 2 is 1.81 bits per heavy atom. The lowest BCUT2D eigenvalue weighted by molar-refractivity contribution is -0.132. The minimum Gasteiger partial charge on any atom is -0.507 e. The molecule has 7 nitrogen and oxygen atoms in total. The van der Waals surface area contributed by atoms with E-state index in [2.05, 4.69) is 50.4 Å². The number of aliphatic hydroxyl groups is 1. The van der Waals surface area contributed by atoms with Crippen molar-refractivity contribution in [3.8, 4) is 5.75 Å². The molecule has 210 valence electrons. The number of carbonyl (C=O) groups excluding carboxylic acids is 2. The SMILES string of the molecule is COc1ccc(C(O)=C2C(=O)C(=O)N(c3nnc(SCc4cccc5ccccc45)s3)[C@@H]2c2ccc(Br)cc2)cc1F. The minimum atomic E-state index is -1.01. The maximum absolute atomic E-state index is 14.5. The lowest BCUT2D eigenvalue weighted by atomic mass is 9.95. The number of hydrogen-bond donors (Lipinski definition) is 1. The molecule has 4 aromatic carbocycles. The van der Waals surface area contributed by atoms with Crippen LogP contribution in [0.4, 0.5) is 9.52 Å². The summed E-state index contributed by atoms with van der Waals surface area (Å²) < 4.78 is 20.9. The van der Waals surface area contributed by atoms with Crippen molar-refractivity contribution in [3.63, 3.8) is 0 Å². The van der Waals surface area contributed by atoms with Gasteiger partial charge in [0.1, 0.15) is 5.76 Å². The van der Waals surface area contributed by atoms with E-state index in [1.807, 2.05) is 18.2 Å². The largest absolute Gasteiger partial charge is 0.507 e. The quantitative estimate of drug-likeness (QED) is 0.0634. The first-order valence-corrected chi connectivity index (χ1v) is 15.3. The molecule has 0 aliphatic carbocycles. The van der Waals surface area contributed by atoms with E-state index in [-0.39, 0.29) is 22.0 Å². The molecule has 1 fully saturated rings. The second kappa shape index (κ2) is 11.7. The number of methoxy groups -OCH3 is 1. The summed E-state index contributed by atoms with van der Waals surface area (Å²) in [5, 5.41) is 22.3. The molecule has 1 atom stereocenters. The second-order valence-electron chi connectivity index (χ2n) is 9.35. The van der Waals surface area contributed by atoms with Crippen molar-refractivity contribution in [1.29, 1.82) is 0 Å². The summed E-state index contributed by atoms with van der Waals surface area (Å²) in [6, 6.07) is 24.1. The van der Waals surface area contributed by atoms with E-state index in [0.717, 1.165) is 26.9 Å². The zero-order valence-electron chi connectivity index (χ0n) is 22.0. The van der Waals surface area contributed by atoms with Crippen molar-refractivity contribution in [2.24, 2.45) is 0 Å². The molecule has 42 heavy (non-hydrogen) atoms. The van der Waals surface area contributed by atoms with Crippen molar-refractivity contribution < 1.29 is 23.8 Å². The van der Waals surface area contributed by atoms with Crippen molar-refractivity contribution >= 4 is 72.4 Å². The number of halogens is 2. The molecule has 1 amide bonds. The number of carbonyl (C=O) groups is 2. The van der Waals surface area contributed by atoms with Crippen molar-refractivity contribution in [2.75, 3.05) is 12.0 Å². The average Bonchev–Trinajstić information content (AvgIpc) is 3.57. The van der Waals surface area contributed by atoms with Crippen LogP contribution in [0.3, 0.4) is 0 Å². The van der Waals surface area contributed by atoms with Gasteiger partial charge >= 0.3 is 5.91 Å². The van der Waals surface area contributed by atoms with Crippen molar-refractivity contribution in [1.82, 2.24) is 10.2 Å². The molecule has 1 aliphatic heterocycles. The third kappa shape index (κ3) is 5.19. The summed E-state index contributed by atoms with van der Waals surface area (Å²) in [5.74, 6) is -2.36. The highest BCUT2D eigenvalue weighted by molar-refractivity contribution is 9.10. The standard InChI is InChI=1S/C31H21BrFN3O4S2/c1-40-24-14-11-19(15-23(24)33)27(37)25-26(18-9-12-21(32)13-10-18)36(29(39)28(25)38)30-34-35-31(42-30)41-16-20-7-4-6-17-5-2-3-8-22(17)20/h2-15,26,37H,16H2,1H3/t26-/m1/s1. The Morgan fingerprint density at radius 1 is 1.05 bits per heavy atom. The molecule has 2 heterocycles. The van der Waals surface area contributed by atoms with Crippen LogP contribution in [0, 0.1) is 5.82 Å². The molecule has 0 saturated carbocycles. The number of benzene rings is 4. The molecule has 0 radical (unpaired) electrons. The van der Waals surface area contributed by atoms with Crippen LogP contribution in [-0.4, -0.2) is 34.1 Å². The number of hydrogen-bond acceptors (Lipinski definition) is 8. The number of rotatable bonds is 7. The van der Waals surface area contributed by atoms with E-state index in [1.165, 1.54) is 47.2 Å². The van der Waals surface area contributed by atoms with Crippen LogP contribution in [0.5, 0.6) is 5.75 Å². The second-order valence-corrected chi connectivity index (χ2v) is 12.4. The zero-order valence-corrected chi connectivity index (χ0v) is 25.2. The number of nitrogens with zero attached hydrogens (tertiary/aromatic N) is 3. The molecule has 0 unspecified atom stereocenters. The highest BCUT2D eigenvalue weighted by Crippen LogP contribution is 2.44. The highest BCUT2D eigenvalue weighted by atomic mass is 79.9. The van der Waals surface area contributed by atoms with Gasteiger partial charge in [-0.3, -0.25) is 14.5 Å². The van der Waals surface area contributed by atoms with Crippen molar-refractivity contribution in [3.05, 3.63) is 117 Å². The summed E-state index contributed by atoms with van der Waals surface area (Å²) in [6.07, 6.45) is 0. The van der Waals surface area contributed by atoms with Crippen LogP contribution < -0.4 is 9.64 Å². The van der Waals surface area contributed by atoms with Gasteiger partial charge in [-0.15, -0.1) is 10.2 Å². The van der Waals surface area contributed by atoms with Gasteiger partial charge < -0.3 is 9.84 Å². The predicted octanol–water partition coefficient (Wildman–Crippen LogP) is 7.52. The molecule has 1 aromatic heterocycles. The van der Waals surface area contributed by atoms with Gasteiger partial charge in [-0.1, -0.05) is 93.6 Å². The first-order chi connectivity index (χ1) is 20.4. The predicted molar refractivity (Wildman–Crippen MR) is 165 cm³/mol.